The summed E-state index contributed by atoms with van der Waals surface area (Å²) in [5, 5.41) is 13.5. The molecule has 0 aliphatic carbocycles. The van der Waals surface area contributed by atoms with Gasteiger partial charge in [-0.3, -0.25) is 9.69 Å². The topological polar surface area (TPSA) is 81.0 Å². The predicted molar refractivity (Wildman–Crippen MR) is 190 cm³/mol. The van der Waals surface area contributed by atoms with E-state index in [2.05, 4.69) is 81.1 Å². The van der Waals surface area contributed by atoms with Crippen molar-refractivity contribution in [1.82, 2.24) is 9.47 Å². The molecular formula is C39H46N2O5Si. The Morgan fingerprint density at radius 2 is 1.47 bits per heavy atom. The number of rotatable bonds is 8. The summed E-state index contributed by atoms with van der Waals surface area (Å²) in [5.74, 6) is 5.16. The smallest absolute Gasteiger partial charge is 0.419 e. The Kier molecular flexibility index (Phi) is 9.83. The molecule has 0 amide bonds. The maximum atomic E-state index is 14.0. The van der Waals surface area contributed by atoms with Crippen LogP contribution in [0.5, 0.6) is 0 Å². The highest BCUT2D eigenvalue weighted by atomic mass is 28.4. The van der Waals surface area contributed by atoms with Crippen molar-refractivity contribution in [2.24, 2.45) is 0 Å². The van der Waals surface area contributed by atoms with E-state index < -0.39 is 38.1 Å². The van der Waals surface area contributed by atoms with E-state index in [0.717, 1.165) is 16.6 Å². The van der Waals surface area contributed by atoms with Crippen molar-refractivity contribution in [3.8, 4) is 11.8 Å². The zero-order chi connectivity index (χ0) is 34.0. The van der Waals surface area contributed by atoms with Crippen LogP contribution in [0.3, 0.4) is 0 Å². The maximum absolute atomic E-state index is 14.0. The number of nitrogens with zero attached hydrogens (tertiary/aromatic N) is 2. The summed E-state index contributed by atoms with van der Waals surface area (Å²) in [6, 6.07) is 27.3. The molecule has 8 heteroatoms. The summed E-state index contributed by atoms with van der Waals surface area (Å²) in [6.45, 7) is 14.6. The van der Waals surface area contributed by atoms with Gasteiger partial charge in [-0.2, -0.15) is 0 Å². The number of hydrogen-bond donors (Lipinski definition) is 1. The average Bonchev–Trinajstić information content (AvgIpc) is 3.36. The molecule has 1 N–H and O–H groups in total. The Bertz CT molecular complexity index is 1750. The van der Waals surface area contributed by atoms with Gasteiger partial charge in [-0.05, 0) is 61.2 Å². The Morgan fingerprint density at radius 3 is 2.00 bits per heavy atom. The summed E-state index contributed by atoms with van der Waals surface area (Å²) < 4.78 is 14.9. The first-order chi connectivity index (χ1) is 22.3. The third kappa shape index (κ3) is 6.66. The molecule has 7 nitrogen and oxygen atoms in total. The van der Waals surface area contributed by atoms with E-state index >= 15 is 0 Å². The molecule has 246 valence electrons. The third-order valence-corrected chi connectivity index (χ3v) is 14.0. The van der Waals surface area contributed by atoms with Gasteiger partial charge >= 0.3 is 12.1 Å². The van der Waals surface area contributed by atoms with Crippen molar-refractivity contribution < 1.29 is 23.9 Å². The zero-order valence-electron chi connectivity index (χ0n) is 28.5. The highest BCUT2D eigenvalue weighted by Crippen LogP contribution is 2.43. The van der Waals surface area contributed by atoms with Gasteiger partial charge in [0.15, 0.2) is 0 Å². The molecule has 0 fully saturated rings. The molecule has 2 atom stereocenters. The number of carbonyl (C=O) groups excluding carboxylic acids is 1. The van der Waals surface area contributed by atoms with Crippen LogP contribution in [-0.4, -0.2) is 59.7 Å². The molecule has 1 aliphatic heterocycles. The van der Waals surface area contributed by atoms with Crippen LogP contribution < -0.4 is 10.4 Å². The van der Waals surface area contributed by atoms with Crippen LogP contribution in [0.25, 0.3) is 10.9 Å². The van der Waals surface area contributed by atoms with Crippen LogP contribution >= 0.6 is 0 Å². The van der Waals surface area contributed by atoms with Crippen LogP contribution in [0.15, 0.2) is 84.9 Å². The first kappa shape index (κ1) is 34.2. The maximum Gasteiger partial charge on any atom is 0.419 e. The minimum absolute atomic E-state index is 0.226. The molecule has 1 unspecified atom stereocenters. The second kappa shape index (κ2) is 13.5. The monoisotopic (exact) mass is 650 g/mol. The number of aromatic nitrogens is 1. The lowest BCUT2D eigenvalue weighted by Gasteiger charge is -2.44. The molecule has 4 aromatic rings. The minimum Gasteiger partial charge on any atom is -0.480 e. The summed E-state index contributed by atoms with van der Waals surface area (Å²) >= 11 is 0. The van der Waals surface area contributed by atoms with E-state index in [-0.39, 0.29) is 18.0 Å². The van der Waals surface area contributed by atoms with Gasteiger partial charge in [0.25, 0.3) is 8.32 Å². The highest BCUT2D eigenvalue weighted by Gasteiger charge is 2.50. The van der Waals surface area contributed by atoms with Crippen LogP contribution in [0.2, 0.25) is 5.04 Å². The molecule has 0 saturated heterocycles. The number of benzene rings is 3. The second-order valence-electron chi connectivity index (χ2n) is 14.2. The fraction of sp³-hybridized carbons (Fsp3) is 0.385. The number of carboxylic acid groups (broad SMARTS) is 1. The van der Waals surface area contributed by atoms with Gasteiger partial charge in [-0.15, -0.1) is 5.92 Å². The SMILES string of the molecule is CC#CCN1C(C(=O)O)Cc2c(n(C(=O)OC(C)(C)C)c3ccccc23)[C@@H]1CCO[Si](c1ccccc1)(c1ccccc1)C(C)(C)C. The largest absolute Gasteiger partial charge is 0.480 e. The summed E-state index contributed by atoms with van der Waals surface area (Å²) in [4.78, 5) is 28.8. The number of fused-ring (bicyclic) bond motifs is 3. The fourth-order valence-corrected chi connectivity index (χ4v) is 11.7. The number of carbonyl (C=O) groups is 2. The van der Waals surface area contributed by atoms with Crippen LogP contribution in [-0.2, 0) is 20.4 Å². The third-order valence-electron chi connectivity index (χ3n) is 8.96. The Balaban J connectivity index is 1.66. The first-order valence-electron chi connectivity index (χ1n) is 16.3. The van der Waals surface area contributed by atoms with Crippen molar-refractivity contribution in [2.45, 2.75) is 84.0 Å². The fourth-order valence-electron chi connectivity index (χ4n) is 7.09. The van der Waals surface area contributed by atoms with Crippen molar-refractivity contribution >= 4 is 41.7 Å². The zero-order valence-corrected chi connectivity index (χ0v) is 29.5. The van der Waals surface area contributed by atoms with Gasteiger partial charge in [0.2, 0.25) is 0 Å². The molecule has 1 aliphatic rings. The van der Waals surface area contributed by atoms with Gasteiger partial charge in [-0.25, -0.2) is 9.36 Å². The number of para-hydroxylation sites is 1. The van der Waals surface area contributed by atoms with Gasteiger partial charge in [0.05, 0.1) is 23.8 Å². The summed E-state index contributed by atoms with van der Waals surface area (Å²) in [5.41, 5.74) is 1.59. The first-order valence-corrected chi connectivity index (χ1v) is 18.2. The lowest BCUT2D eigenvalue weighted by atomic mass is 9.90. The molecule has 0 saturated carbocycles. The van der Waals surface area contributed by atoms with E-state index in [1.807, 2.05) is 62.1 Å². The van der Waals surface area contributed by atoms with Crippen molar-refractivity contribution in [2.75, 3.05) is 13.2 Å². The molecule has 0 radical (unpaired) electrons. The number of hydrogen-bond acceptors (Lipinski definition) is 5. The predicted octanol–water partition coefficient (Wildman–Crippen LogP) is 6.77. The van der Waals surface area contributed by atoms with Crippen LogP contribution in [0, 0.1) is 11.8 Å². The quantitative estimate of drug-likeness (QED) is 0.168. The molecule has 1 aromatic heterocycles. The molecule has 2 heterocycles. The molecule has 3 aromatic carbocycles. The van der Waals surface area contributed by atoms with Crippen molar-refractivity contribution in [3.05, 3.63) is 96.2 Å². The average molecular weight is 651 g/mol. The van der Waals surface area contributed by atoms with Gasteiger partial charge in [-0.1, -0.05) is 106 Å². The number of aliphatic carboxylic acids is 1. The number of ether oxygens (including phenoxy) is 1. The number of carboxylic acids is 1. The Morgan fingerprint density at radius 1 is 0.894 bits per heavy atom. The van der Waals surface area contributed by atoms with Crippen molar-refractivity contribution in [1.29, 1.82) is 0 Å². The summed E-state index contributed by atoms with van der Waals surface area (Å²) in [6.07, 6.45) is 0.215. The Hall–Kier alpha value is -4.16. The normalized spacial score (nSPS) is 17.1. The van der Waals surface area contributed by atoms with E-state index in [1.54, 1.807) is 11.5 Å². The van der Waals surface area contributed by atoms with E-state index in [0.29, 0.717) is 18.5 Å². The Labute approximate surface area is 279 Å². The molecule has 5 rings (SSSR count). The van der Waals surface area contributed by atoms with E-state index in [4.69, 9.17) is 9.16 Å². The van der Waals surface area contributed by atoms with E-state index in [9.17, 15) is 14.7 Å². The van der Waals surface area contributed by atoms with E-state index in [1.165, 1.54) is 10.4 Å². The molecular weight excluding hydrogens is 605 g/mol. The van der Waals surface area contributed by atoms with Gasteiger partial charge in [0, 0.05) is 18.4 Å². The van der Waals surface area contributed by atoms with Crippen molar-refractivity contribution in [3.63, 3.8) is 0 Å². The lowest BCUT2D eigenvalue weighted by Crippen LogP contribution is -2.66. The standard InChI is InChI=1S/C39H46N2O5Si/c1-8-9-25-40-33(24-26-45-47(39(5,6)7,28-18-12-10-13-19-28)29-20-14-11-15-21-29)35-31(27-34(40)36(42)43)30-22-16-17-23-32(30)41(35)37(44)46-38(2,3)4/h10-23,33-34H,24-27H2,1-7H3,(H,42,43)/t33-,34?/m0/s1. The van der Waals surface area contributed by atoms with Crippen LogP contribution in [0.4, 0.5) is 4.79 Å². The van der Waals surface area contributed by atoms with Gasteiger partial charge in [0.1, 0.15) is 11.6 Å². The molecule has 47 heavy (non-hydrogen) atoms. The molecule has 0 spiro atoms. The highest BCUT2D eigenvalue weighted by molar-refractivity contribution is 6.99. The lowest BCUT2D eigenvalue weighted by molar-refractivity contribution is -0.144. The van der Waals surface area contributed by atoms with Gasteiger partial charge < -0.3 is 14.3 Å². The summed E-state index contributed by atoms with van der Waals surface area (Å²) in [7, 11) is -2.87. The molecule has 0 bridgehead atoms. The minimum atomic E-state index is -2.87. The van der Waals surface area contributed by atoms with Crippen LogP contribution in [0.1, 0.15) is 72.2 Å². The second-order valence-corrected chi connectivity index (χ2v) is 18.5.